The lowest BCUT2D eigenvalue weighted by Gasteiger charge is -2.07. The summed E-state index contributed by atoms with van der Waals surface area (Å²) in [7, 11) is 0. The number of halogens is 1. The van der Waals surface area contributed by atoms with Crippen molar-refractivity contribution in [1.29, 1.82) is 0 Å². The summed E-state index contributed by atoms with van der Waals surface area (Å²) in [5, 5.41) is 9.15. The van der Waals surface area contributed by atoms with Gasteiger partial charge in [-0.1, -0.05) is 28.1 Å². The van der Waals surface area contributed by atoms with Gasteiger partial charge in [0.05, 0.1) is 0 Å². The van der Waals surface area contributed by atoms with E-state index in [1.165, 1.54) is 0 Å². The molecular weight excluding hydrogens is 282 g/mol. The maximum atomic E-state index is 9.15. The Morgan fingerprint density at radius 1 is 1.12 bits per heavy atom. The lowest BCUT2D eigenvalue weighted by atomic mass is 10.2. The first-order chi connectivity index (χ1) is 8.13. The highest BCUT2D eigenvalue weighted by molar-refractivity contribution is 9.10. The van der Waals surface area contributed by atoms with E-state index in [1.54, 1.807) is 18.2 Å². The van der Waals surface area contributed by atoms with Crippen LogP contribution in [0.2, 0.25) is 0 Å². The van der Waals surface area contributed by atoms with Crippen LogP contribution in [0.25, 0.3) is 0 Å². The Balaban J connectivity index is 2.04. The van der Waals surface area contributed by atoms with Crippen molar-refractivity contribution in [2.45, 2.75) is 6.61 Å². The molecule has 17 heavy (non-hydrogen) atoms. The zero-order chi connectivity index (χ0) is 12.3. The van der Waals surface area contributed by atoms with Gasteiger partial charge in [-0.2, -0.15) is 0 Å². The molecule has 0 atom stereocenters. The molecule has 0 saturated carbocycles. The van der Waals surface area contributed by atoms with Crippen LogP contribution < -0.4 is 10.5 Å². The van der Waals surface area contributed by atoms with E-state index in [0.717, 1.165) is 10.0 Å². The third-order valence-corrected chi connectivity index (χ3v) is 2.69. The lowest BCUT2D eigenvalue weighted by molar-refractivity contribution is 0.306. The first kappa shape index (κ1) is 11.8. The van der Waals surface area contributed by atoms with Crippen molar-refractivity contribution in [3.63, 3.8) is 0 Å². The van der Waals surface area contributed by atoms with E-state index >= 15 is 0 Å². The van der Waals surface area contributed by atoms with Crippen LogP contribution in [0.5, 0.6) is 11.5 Å². The van der Waals surface area contributed by atoms with Crippen molar-refractivity contribution in [3.05, 3.63) is 52.5 Å². The van der Waals surface area contributed by atoms with Crippen molar-refractivity contribution in [2.24, 2.45) is 0 Å². The molecule has 0 saturated heterocycles. The van der Waals surface area contributed by atoms with Crippen molar-refractivity contribution in [1.82, 2.24) is 0 Å². The largest absolute Gasteiger partial charge is 0.508 e. The summed E-state index contributed by atoms with van der Waals surface area (Å²) in [5.41, 5.74) is 7.35. The Hall–Kier alpha value is -1.68. The summed E-state index contributed by atoms with van der Waals surface area (Å²) in [6, 6.07) is 12.3. The van der Waals surface area contributed by atoms with Crippen molar-refractivity contribution in [3.8, 4) is 11.5 Å². The van der Waals surface area contributed by atoms with Crippen LogP contribution in [-0.4, -0.2) is 5.11 Å². The van der Waals surface area contributed by atoms with E-state index < -0.39 is 0 Å². The molecule has 4 heteroatoms. The fraction of sp³-hybridized carbons (Fsp3) is 0.0769. The van der Waals surface area contributed by atoms with Crippen LogP contribution in [0.15, 0.2) is 46.9 Å². The van der Waals surface area contributed by atoms with Gasteiger partial charge < -0.3 is 15.6 Å². The highest BCUT2D eigenvalue weighted by Gasteiger charge is 1.99. The maximum absolute atomic E-state index is 9.15. The standard InChI is InChI=1S/C13H12BrNO2/c14-10-5-11(15)7-13(6-10)17-8-9-1-3-12(16)4-2-9/h1-7,16H,8,15H2. The number of nitrogens with two attached hydrogens (primary N) is 1. The predicted molar refractivity (Wildman–Crippen MR) is 71.0 cm³/mol. The second-order valence-corrected chi connectivity index (χ2v) is 4.59. The maximum Gasteiger partial charge on any atom is 0.122 e. The summed E-state index contributed by atoms with van der Waals surface area (Å²) >= 11 is 3.36. The number of anilines is 1. The second-order valence-electron chi connectivity index (χ2n) is 3.68. The molecule has 0 heterocycles. The van der Waals surface area contributed by atoms with Crippen molar-refractivity contribution < 1.29 is 9.84 Å². The number of phenols is 1. The molecule has 0 unspecified atom stereocenters. The zero-order valence-corrected chi connectivity index (χ0v) is 10.6. The lowest BCUT2D eigenvalue weighted by Crippen LogP contribution is -1.96. The molecule has 0 aliphatic rings. The Morgan fingerprint density at radius 3 is 2.47 bits per heavy atom. The Kier molecular flexibility index (Phi) is 3.54. The van der Waals surface area contributed by atoms with Gasteiger partial charge in [0.25, 0.3) is 0 Å². The van der Waals surface area contributed by atoms with Crippen molar-refractivity contribution >= 4 is 21.6 Å². The molecule has 0 spiro atoms. The van der Waals surface area contributed by atoms with E-state index in [1.807, 2.05) is 24.3 Å². The van der Waals surface area contributed by atoms with E-state index in [4.69, 9.17) is 15.6 Å². The number of hydrogen-bond acceptors (Lipinski definition) is 3. The molecule has 2 aromatic rings. The van der Waals surface area contributed by atoms with Crippen LogP contribution in [0, 0.1) is 0 Å². The van der Waals surface area contributed by atoms with E-state index in [9.17, 15) is 0 Å². The van der Waals surface area contributed by atoms with E-state index in [-0.39, 0.29) is 5.75 Å². The Bertz CT molecular complexity index is 491. The second kappa shape index (κ2) is 5.10. The minimum Gasteiger partial charge on any atom is -0.508 e. The first-order valence-electron chi connectivity index (χ1n) is 5.10. The summed E-state index contributed by atoms with van der Waals surface area (Å²) in [6.45, 7) is 0.441. The number of hydrogen-bond donors (Lipinski definition) is 2. The summed E-state index contributed by atoms with van der Waals surface area (Å²) in [5.74, 6) is 0.963. The molecule has 0 radical (unpaired) electrons. The summed E-state index contributed by atoms with van der Waals surface area (Å²) in [4.78, 5) is 0. The van der Waals surface area contributed by atoms with Gasteiger partial charge in [-0.15, -0.1) is 0 Å². The zero-order valence-electron chi connectivity index (χ0n) is 9.06. The molecule has 3 N–H and O–H groups in total. The molecule has 0 bridgehead atoms. The monoisotopic (exact) mass is 293 g/mol. The summed E-state index contributed by atoms with van der Waals surface area (Å²) < 4.78 is 6.49. The fourth-order valence-corrected chi connectivity index (χ4v) is 1.92. The number of rotatable bonds is 3. The molecule has 2 aromatic carbocycles. The normalized spacial score (nSPS) is 10.2. The smallest absolute Gasteiger partial charge is 0.122 e. The van der Waals surface area contributed by atoms with Gasteiger partial charge in [0.15, 0.2) is 0 Å². The summed E-state index contributed by atoms with van der Waals surface area (Å²) in [6.07, 6.45) is 0. The SMILES string of the molecule is Nc1cc(Br)cc(OCc2ccc(O)cc2)c1. The Morgan fingerprint density at radius 2 is 1.82 bits per heavy atom. The topological polar surface area (TPSA) is 55.5 Å². The first-order valence-corrected chi connectivity index (χ1v) is 5.89. The molecule has 0 aromatic heterocycles. The van der Waals surface area contributed by atoms with E-state index in [0.29, 0.717) is 18.0 Å². The van der Waals surface area contributed by atoms with Crippen LogP contribution in [-0.2, 0) is 6.61 Å². The van der Waals surface area contributed by atoms with Gasteiger partial charge in [0, 0.05) is 16.2 Å². The number of phenolic OH excluding ortho intramolecular Hbond substituents is 1. The van der Waals surface area contributed by atoms with Gasteiger partial charge in [-0.05, 0) is 29.8 Å². The number of ether oxygens (including phenoxy) is 1. The van der Waals surface area contributed by atoms with Gasteiger partial charge in [-0.3, -0.25) is 0 Å². The van der Waals surface area contributed by atoms with Gasteiger partial charge in [0.1, 0.15) is 18.1 Å². The number of aromatic hydroxyl groups is 1. The molecule has 0 fully saturated rings. The molecule has 2 rings (SSSR count). The van der Waals surface area contributed by atoms with Gasteiger partial charge in [-0.25, -0.2) is 0 Å². The van der Waals surface area contributed by atoms with Crippen molar-refractivity contribution in [2.75, 3.05) is 5.73 Å². The van der Waals surface area contributed by atoms with Crippen LogP contribution in [0.1, 0.15) is 5.56 Å². The number of benzene rings is 2. The molecule has 3 nitrogen and oxygen atoms in total. The third-order valence-electron chi connectivity index (χ3n) is 2.24. The molecule has 0 aliphatic heterocycles. The number of nitrogen functional groups attached to an aromatic ring is 1. The van der Waals surface area contributed by atoms with Gasteiger partial charge >= 0.3 is 0 Å². The average molecular weight is 294 g/mol. The van der Waals surface area contributed by atoms with Gasteiger partial charge in [0.2, 0.25) is 0 Å². The fourth-order valence-electron chi connectivity index (χ4n) is 1.43. The van der Waals surface area contributed by atoms with Crippen LogP contribution in [0.3, 0.4) is 0 Å². The predicted octanol–water partition coefficient (Wildman–Crippen LogP) is 3.32. The van der Waals surface area contributed by atoms with E-state index in [2.05, 4.69) is 15.9 Å². The molecule has 0 aliphatic carbocycles. The quantitative estimate of drug-likeness (QED) is 0.854. The highest BCUT2D eigenvalue weighted by atomic mass is 79.9. The minimum absolute atomic E-state index is 0.250. The Labute approximate surface area is 108 Å². The van der Waals surface area contributed by atoms with Crippen LogP contribution in [0.4, 0.5) is 5.69 Å². The highest BCUT2D eigenvalue weighted by Crippen LogP contribution is 2.23. The molecular formula is C13H12BrNO2. The van der Waals surface area contributed by atoms with Crippen LogP contribution >= 0.6 is 15.9 Å². The third kappa shape index (κ3) is 3.39. The minimum atomic E-state index is 0.250. The molecule has 0 amide bonds. The average Bonchev–Trinajstić information content (AvgIpc) is 2.27. The molecule has 88 valence electrons.